The Hall–Kier alpha value is -0.180. The van der Waals surface area contributed by atoms with Crippen molar-refractivity contribution < 1.29 is 4.79 Å². The van der Waals surface area contributed by atoms with Crippen LogP contribution in [0.25, 0.3) is 0 Å². The molecule has 80 valence electrons. The van der Waals surface area contributed by atoms with Crippen LogP contribution in [0.3, 0.4) is 0 Å². The van der Waals surface area contributed by atoms with Crippen LogP contribution < -0.4 is 0 Å². The highest BCUT2D eigenvalue weighted by Gasteiger charge is 2.17. The van der Waals surface area contributed by atoms with Crippen LogP contribution in [0, 0.1) is 0 Å². The number of rotatable bonds is 2. The highest BCUT2D eigenvalue weighted by molar-refractivity contribution is 7.99. The molecule has 0 N–H and O–H groups in total. The molecule has 0 atom stereocenters. The minimum atomic E-state index is -0.959. The van der Waals surface area contributed by atoms with E-state index in [9.17, 15) is 4.79 Å². The summed E-state index contributed by atoms with van der Waals surface area (Å²) >= 11 is 13.0. The lowest BCUT2D eigenvalue weighted by Gasteiger charge is -2.15. The molecule has 0 saturated carbocycles. The van der Waals surface area contributed by atoms with Crippen molar-refractivity contribution in [2.75, 3.05) is 5.75 Å². The first-order valence-electron chi connectivity index (χ1n) is 4.76. The predicted octanol–water partition coefficient (Wildman–Crippen LogP) is 3.71. The monoisotopic (exact) mass is 260 g/mol. The topological polar surface area (TPSA) is 17.1 Å². The molecule has 0 amide bonds. The zero-order valence-corrected chi connectivity index (χ0v) is 10.3. The van der Waals surface area contributed by atoms with Crippen molar-refractivity contribution in [3.8, 4) is 0 Å². The van der Waals surface area contributed by atoms with Gasteiger partial charge in [-0.2, -0.15) is 0 Å². The van der Waals surface area contributed by atoms with Crippen molar-refractivity contribution >= 4 is 40.7 Å². The van der Waals surface area contributed by atoms with E-state index in [1.165, 1.54) is 16.9 Å². The van der Waals surface area contributed by atoms with Gasteiger partial charge in [0.05, 0.1) is 0 Å². The number of alkyl halides is 2. The molecular formula is C11H10Cl2OS. The Labute approximate surface area is 103 Å². The smallest absolute Gasteiger partial charge is 0.195 e. The Morgan fingerprint density at radius 3 is 2.93 bits per heavy atom. The summed E-state index contributed by atoms with van der Waals surface area (Å²) in [6.07, 6.45) is 2.21. The van der Waals surface area contributed by atoms with Crippen molar-refractivity contribution in [3.05, 3.63) is 29.3 Å². The van der Waals surface area contributed by atoms with E-state index in [-0.39, 0.29) is 5.78 Å². The fraction of sp³-hybridized carbons (Fsp3) is 0.364. The zero-order valence-electron chi connectivity index (χ0n) is 8.00. The van der Waals surface area contributed by atoms with Crippen molar-refractivity contribution in [3.63, 3.8) is 0 Å². The second kappa shape index (κ2) is 4.77. The highest BCUT2D eigenvalue weighted by atomic mass is 35.5. The van der Waals surface area contributed by atoms with Crippen LogP contribution in [0.15, 0.2) is 23.1 Å². The average Bonchev–Trinajstić information content (AvgIpc) is 2.27. The summed E-state index contributed by atoms with van der Waals surface area (Å²) < 4.78 is 0. The summed E-state index contributed by atoms with van der Waals surface area (Å²) in [5.41, 5.74) is 1.86. The van der Waals surface area contributed by atoms with Gasteiger partial charge in [-0.25, -0.2) is 0 Å². The van der Waals surface area contributed by atoms with Gasteiger partial charge in [-0.1, -0.05) is 29.3 Å². The predicted molar refractivity (Wildman–Crippen MR) is 65.3 cm³/mol. The van der Waals surface area contributed by atoms with Crippen LogP contribution >= 0.6 is 35.0 Å². The Kier molecular flexibility index (Phi) is 3.60. The first-order chi connectivity index (χ1) is 7.18. The third-order valence-electron chi connectivity index (χ3n) is 2.39. The van der Waals surface area contributed by atoms with Gasteiger partial charge in [-0.3, -0.25) is 4.79 Å². The summed E-state index contributed by atoms with van der Waals surface area (Å²) in [6.45, 7) is 0. The number of hydrogen-bond donors (Lipinski definition) is 0. The molecule has 0 saturated heterocycles. The Morgan fingerprint density at radius 2 is 2.20 bits per heavy atom. The summed E-state index contributed by atoms with van der Waals surface area (Å²) in [5.74, 6) is 0.949. The van der Waals surface area contributed by atoms with Crippen LogP contribution in [-0.4, -0.2) is 16.4 Å². The molecular weight excluding hydrogens is 251 g/mol. The summed E-state index contributed by atoms with van der Waals surface area (Å²) in [7, 11) is 0. The lowest BCUT2D eigenvalue weighted by Crippen LogP contribution is -2.09. The normalized spacial score (nSPS) is 15.1. The second-order valence-corrected chi connectivity index (χ2v) is 5.67. The number of thioether (sulfide) groups is 1. The van der Waals surface area contributed by atoms with Crippen molar-refractivity contribution in [1.29, 1.82) is 0 Å². The van der Waals surface area contributed by atoms with E-state index < -0.39 is 4.84 Å². The van der Waals surface area contributed by atoms with E-state index in [0.717, 1.165) is 12.2 Å². The van der Waals surface area contributed by atoms with E-state index in [1.807, 2.05) is 23.9 Å². The van der Waals surface area contributed by atoms with Gasteiger partial charge < -0.3 is 0 Å². The van der Waals surface area contributed by atoms with Crippen LogP contribution in [0.4, 0.5) is 0 Å². The maximum Gasteiger partial charge on any atom is 0.195 e. The van der Waals surface area contributed by atoms with Crippen molar-refractivity contribution in [1.82, 2.24) is 0 Å². The molecule has 0 spiro atoms. The highest BCUT2D eigenvalue weighted by Crippen LogP contribution is 2.31. The van der Waals surface area contributed by atoms with Gasteiger partial charge in [0.1, 0.15) is 0 Å². The number of halogens is 2. The molecule has 15 heavy (non-hydrogen) atoms. The molecule has 2 rings (SSSR count). The van der Waals surface area contributed by atoms with Crippen LogP contribution in [0.5, 0.6) is 0 Å². The molecule has 1 aliphatic rings. The maximum absolute atomic E-state index is 11.6. The second-order valence-electron chi connectivity index (χ2n) is 3.44. The fourth-order valence-electron chi connectivity index (χ4n) is 1.64. The third-order valence-corrected chi connectivity index (χ3v) is 3.99. The maximum atomic E-state index is 11.6. The zero-order chi connectivity index (χ0) is 10.8. The Morgan fingerprint density at radius 1 is 1.40 bits per heavy atom. The minimum absolute atomic E-state index is 0.211. The van der Waals surface area contributed by atoms with Crippen molar-refractivity contribution in [2.45, 2.75) is 22.6 Å². The van der Waals surface area contributed by atoms with Gasteiger partial charge in [-0.15, -0.1) is 11.8 Å². The molecule has 1 aromatic rings. The van der Waals surface area contributed by atoms with Crippen molar-refractivity contribution in [2.24, 2.45) is 0 Å². The standard InChI is InChI=1S/C11H10Cl2OS/c12-11(13)10(14)8-3-4-9-7(6-8)2-1-5-15-9/h3-4,6,11H,1-2,5H2. The number of Topliss-reactive ketones (excluding diaryl/α,β-unsaturated/α-hetero) is 1. The lowest BCUT2D eigenvalue weighted by atomic mass is 10.0. The molecule has 0 aromatic heterocycles. The number of carbonyl (C=O) groups excluding carboxylic acids is 1. The number of aryl methyl sites for hydroxylation is 1. The van der Waals surface area contributed by atoms with Gasteiger partial charge in [0.15, 0.2) is 10.6 Å². The summed E-state index contributed by atoms with van der Waals surface area (Å²) in [6, 6.07) is 5.71. The van der Waals surface area contributed by atoms with Gasteiger partial charge in [-0.05, 0) is 36.3 Å². The molecule has 1 aromatic carbocycles. The van der Waals surface area contributed by atoms with Gasteiger partial charge >= 0.3 is 0 Å². The number of benzene rings is 1. The quantitative estimate of drug-likeness (QED) is 0.596. The molecule has 0 aliphatic carbocycles. The van der Waals surface area contributed by atoms with E-state index in [1.54, 1.807) is 6.07 Å². The fourth-order valence-corrected chi connectivity index (χ4v) is 2.91. The van der Waals surface area contributed by atoms with Crippen LogP contribution in [0.1, 0.15) is 22.3 Å². The molecule has 0 radical (unpaired) electrons. The number of carbonyl (C=O) groups is 1. The third kappa shape index (κ3) is 2.49. The largest absolute Gasteiger partial charge is 0.291 e. The van der Waals surface area contributed by atoms with E-state index in [4.69, 9.17) is 23.2 Å². The minimum Gasteiger partial charge on any atom is -0.291 e. The Balaban J connectivity index is 2.32. The van der Waals surface area contributed by atoms with E-state index in [2.05, 4.69) is 0 Å². The molecule has 0 fully saturated rings. The van der Waals surface area contributed by atoms with Crippen LogP contribution in [0.2, 0.25) is 0 Å². The average molecular weight is 261 g/mol. The number of ketones is 1. The first-order valence-corrected chi connectivity index (χ1v) is 6.62. The molecule has 0 bridgehead atoms. The molecule has 1 aliphatic heterocycles. The Bertz CT molecular complexity index is 390. The molecule has 4 heteroatoms. The van der Waals surface area contributed by atoms with Gasteiger partial charge in [0.25, 0.3) is 0 Å². The number of fused-ring (bicyclic) bond motifs is 1. The first kappa shape index (κ1) is 11.3. The lowest BCUT2D eigenvalue weighted by molar-refractivity contribution is 0.101. The van der Waals surface area contributed by atoms with Gasteiger partial charge in [0.2, 0.25) is 0 Å². The number of hydrogen-bond acceptors (Lipinski definition) is 2. The molecule has 1 nitrogen and oxygen atoms in total. The van der Waals surface area contributed by atoms with Crippen LogP contribution in [-0.2, 0) is 6.42 Å². The molecule has 1 heterocycles. The summed E-state index contributed by atoms with van der Waals surface area (Å²) in [5, 5.41) is 0. The van der Waals surface area contributed by atoms with E-state index in [0.29, 0.717) is 5.56 Å². The molecule has 0 unspecified atom stereocenters. The summed E-state index contributed by atoms with van der Waals surface area (Å²) in [4.78, 5) is 11.9. The SMILES string of the molecule is O=C(c1ccc2c(c1)CCCS2)C(Cl)Cl. The van der Waals surface area contributed by atoms with E-state index >= 15 is 0 Å². The van der Waals surface area contributed by atoms with Gasteiger partial charge in [0, 0.05) is 10.5 Å².